The number of carbonyl (C=O) groups excluding carboxylic acids is 2. The van der Waals surface area contributed by atoms with Gasteiger partial charge in [0.2, 0.25) is 11.8 Å². The molecule has 5 nitrogen and oxygen atoms in total. The first kappa shape index (κ1) is 19.6. The number of benzene rings is 1. The second kappa shape index (κ2) is 8.56. The number of ether oxygens (including phenoxy) is 1. The van der Waals surface area contributed by atoms with Crippen LogP contribution < -0.4 is 10.1 Å². The number of hydrogen-bond donors (Lipinski definition) is 1. The van der Waals surface area contributed by atoms with Gasteiger partial charge in [-0.15, -0.1) is 11.6 Å². The molecule has 0 bridgehead atoms. The Hall–Kier alpha value is -1.75. The minimum Gasteiger partial charge on any atom is -0.497 e. The zero-order valence-corrected chi connectivity index (χ0v) is 15.9. The summed E-state index contributed by atoms with van der Waals surface area (Å²) in [6, 6.07) is 7.62. The van der Waals surface area contributed by atoms with Crippen molar-refractivity contribution < 1.29 is 14.3 Å². The molecule has 2 amide bonds. The zero-order valence-electron chi connectivity index (χ0n) is 15.2. The van der Waals surface area contributed by atoms with E-state index in [2.05, 4.69) is 5.32 Å². The highest BCUT2D eigenvalue weighted by molar-refractivity contribution is 6.19. The van der Waals surface area contributed by atoms with Crippen molar-refractivity contribution in [1.29, 1.82) is 0 Å². The molecule has 1 N–H and O–H groups in total. The number of rotatable bonds is 6. The molecule has 0 aromatic heterocycles. The Labute approximate surface area is 154 Å². The number of amides is 2. The highest BCUT2D eigenvalue weighted by Crippen LogP contribution is 2.23. The highest BCUT2D eigenvalue weighted by Gasteiger charge is 2.33. The minimum absolute atomic E-state index is 0.0102. The Kier molecular flexibility index (Phi) is 6.71. The Morgan fingerprint density at radius 2 is 1.84 bits per heavy atom. The van der Waals surface area contributed by atoms with Gasteiger partial charge in [-0.25, -0.2) is 0 Å². The van der Waals surface area contributed by atoms with Gasteiger partial charge in [-0.2, -0.15) is 0 Å². The molecule has 0 aliphatic carbocycles. The first-order chi connectivity index (χ1) is 11.9. The molecule has 0 saturated carbocycles. The number of alkyl halides is 1. The molecule has 0 spiro atoms. The van der Waals surface area contributed by atoms with E-state index in [0.29, 0.717) is 25.4 Å². The number of piperidine rings is 1. The SMILES string of the molecule is COc1ccc(CC(=O)NC2CCN(C(=O)C(C)(C)CCl)CC2)cc1. The average Bonchev–Trinajstić information content (AvgIpc) is 2.62. The number of methoxy groups -OCH3 is 1. The Morgan fingerprint density at radius 3 is 2.36 bits per heavy atom. The first-order valence-corrected chi connectivity index (χ1v) is 9.17. The normalized spacial score (nSPS) is 15.8. The third kappa shape index (κ3) is 5.36. The van der Waals surface area contributed by atoms with Crippen molar-refractivity contribution in [3.63, 3.8) is 0 Å². The van der Waals surface area contributed by atoms with Crippen LogP contribution in [0, 0.1) is 5.41 Å². The van der Waals surface area contributed by atoms with E-state index < -0.39 is 5.41 Å². The summed E-state index contributed by atoms with van der Waals surface area (Å²) in [6.45, 7) is 5.05. The summed E-state index contributed by atoms with van der Waals surface area (Å²) in [5.41, 5.74) is 0.418. The van der Waals surface area contributed by atoms with Crippen LogP contribution in [0.4, 0.5) is 0 Å². The first-order valence-electron chi connectivity index (χ1n) is 8.63. The fraction of sp³-hybridized carbons (Fsp3) is 0.579. The summed E-state index contributed by atoms with van der Waals surface area (Å²) in [5.74, 6) is 1.19. The van der Waals surface area contributed by atoms with Crippen LogP contribution in [0.5, 0.6) is 5.75 Å². The van der Waals surface area contributed by atoms with E-state index in [9.17, 15) is 9.59 Å². The summed E-state index contributed by atoms with van der Waals surface area (Å²) >= 11 is 5.89. The van der Waals surface area contributed by atoms with Gasteiger partial charge in [0, 0.05) is 25.0 Å². The lowest BCUT2D eigenvalue weighted by molar-refractivity contribution is -0.140. The van der Waals surface area contributed by atoms with E-state index in [1.807, 2.05) is 43.0 Å². The van der Waals surface area contributed by atoms with Crippen LogP contribution in [-0.4, -0.2) is 48.8 Å². The van der Waals surface area contributed by atoms with E-state index >= 15 is 0 Å². The molecular formula is C19H27ClN2O3. The number of carbonyl (C=O) groups is 2. The van der Waals surface area contributed by atoms with Gasteiger partial charge in [0.15, 0.2) is 0 Å². The molecule has 1 fully saturated rings. The van der Waals surface area contributed by atoms with Crippen LogP contribution in [0.25, 0.3) is 0 Å². The maximum atomic E-state index is 12.4. The van der Waals surface area contributed by atoms with Crippen molar-refractivity contribution in [3.05, 3.63) is 29.8 Å². The fourth-order valence-corrected chi connectivity index (χ4v) is 3.03. The van der Waals surface area contributed by atoms with Crippen LogP contribution in [0.3, 0.4) is 0 Å². The maximum Gasteiger partial charge on any atom is 0.229 e. The van der Waals surface area contributed by atoms with Crippen LogP contribution in [-0.2, 0) is 16.0 Å². The predicted molar refractivity (Wildman–Crippen MR) is 98.9 cm³/mol. The monoisotopic (exact) mass is 366 g/mol. The largest absolute Gasteiger partial charge is 0.497 e. The summed E-state index contributed by atoms with van der Waals surface area (Å²) in [4.78, 5) is 26.5. The average molecular weight is 367 g/mol. The second-order valence-electron chi connectivity index (χ2n) is 7.18. The molecule has 1 aromatic carbocycles. The van der Waals surface area contributed by atoms with Gasteiger partial charge in [0.25, 0.3) is 0 Å². The number of likely N-dealkylation sites (tertiary alicyclic amines) is 1. The summed E-state index contributed by atoms with van der Waals surface area (Å²) in [6.07, 6.45) is 1.90. The van der Waals surface area contributed by atoms with Crippen LogP contribution in [0.15, 0.2) is 24.3 Å². The molecule has 138 valence electrons. The van der Waals surface area contributed by atoms with E-state index in [1.165, 1.54) is 0 Å². The van der Waals surface area contributed by atoms with Gasteiger partial charge in [-0.05, 0) is 44.4 Å². The van der Waals surface area contributed by atoms with Gasteiger partial charge < -0.3 is 15.0 Å². The smallest absolute Gasteiger partial charge is 0.229 e. The molecule has 1 saturated heterocycles. The van der Waals surface area contributed by atoms with Gasteiger partial charge in [-0.3, -0.25) is 9.59 Å². The number of nitrogens with zero attached hydrogens (tertiary/aromatic N) is 1. The Balaban J connectivity index is 1.79. The summed E-state index contributed by atoms with van der Waals surface area (Å²) < 4.78 is 5.12. The lowest BCUT2D eigenvalue weighted by Gasteiger charge is -2.36. The molecule has 2 rings (SSSR count). The molecule has 1 aromatic rings. The van der Waals surface area contributed by atoms with Gasteiger partial charge in [0.1, 0.15) is 5.75 Å². The third-order valence-electron chi connectivity index (χ3n) is 4.58. The molecule has 0 radical (unpaired) electrons. The van der Waals surface area contributed by atoms with E-state index in [0.717, 1.165) is 24.2 Å². The van der Waals surface area contributed by atoms with Crippen molar-refractivity contribution in [2.75, 3.05) is 26.1 Å². The second-order valence-corrected chi connectivity index (χ2v) is 7.44. The topological polar surface area (TPSA) is 58.6 Å². The van der Waals surface area contributed by atoms with Gasteiger partial charge >= 0.3 is 0 Å². The lowest BCUT2D eigenvalue weighted by Crippen LogP contribution is -2.50. The van der Waals surface area contributed by atoms with Gasteiger partial charge in [-0.1, -0.05) is 12.1 Å². The molecule has 0 unspecified atom stereocenters. The summed E-state index contributed by atoms with van der Waals surface area (Å²) in [7, 11) is 1.62. The number of nitrogens with one attached hydrogen (secondary N) is 1. The fourth-order valence-electron chi connectivity index (χ4n) is 2.92. The number of hydrogen-bond acceptors (Lipinski definition) is 3. The van der Waals surface area contributed by atoms with Crippen molar-refractivity contribution in [2.24, 2.45) is 5.41 Å². The molecule has 0 atom stereocenters. The Morgan fingerprint density at radius 1 is 1.24 bits per heavy atom. The lowest BCUT2D eigenvalue weighted by atomic mass is 9.92. The van der Waals surface area contributed by atoms with Gasteiger partial charge in [0.05, 0.1) is 18.9 Å². The van der Waals surface area contributed by atoms with Crippen molar-refractivity contribution in [2.45, 2.75) is 39.2 Å². The summed E-state index contributed by atoms with van der Waals surface area (Å²) in [5, 5.41) is 3.07. The third-order valence-corrected chi connectivity index (χ3v) is 5.25. The standard InChI is InChI=1S/C19H27ClN2O3/c1-19(2,13-20)18(24)22-10-8-15(9-11-22)21-17(23)12-14-4-6-16(25-3)7-5-14/h4-7,15H,8-13H2,1-3H3,(H,21,23). The van der Waals surface area contributed by atoms with Crippen LogP contribution >= 0.6 is 11.6 Å². The van der Waals surface area contributed by atoms with Crippen molar-refractivity contribution >= 4 is 23.4 Å². The zero-order chi connectivity index (χ0) is 18.4. The molecule has 1 heterocycles. The molecule has 1 aliphatic heterocycles. The van der Waals surface area contributed by atoms with E-state index in [-0.39, 0.29) is 17.9 Å². The molecule has 1 aliphatic rings. The maximum absolute atomic E-state index is 12.4. The quantitative estimate of drug-likeness (QED) is 0.787. The number of halogens is 1. The van der Waals surface area contributed by atoms with Crippen LogP contribution in [0.1, 0.15) is 32.3 Å². The highest BCUT2D eigenvalue weighted by atomic mass is 35.5. The molecule has 25 heavy (non-hydrogen) atoms. The molecule has 6 heteroatoms. The minimum atomic E-state index is -0.536. The predicted octanol–water partition coefficient (Wildman–Crippen LogP) is 2.61. The molecular weight excluding hydrogens is 340 g/mol. The van der Waals surface area contributed by atoms with E-state index in [4.69, 9.17) is 16.3 Å². The van der Waals surface area contributed by atoms with Crippen molar-refractivity contribution in [1.82, 2.24) is 10.2 Å². The van der Waals surface area contributed by atoms with Crippen LogP contribution in [0.2, 0.25) is 0 Å². The Bertz CT molecular complexity index is 593. The van der Waals surface area contributed by atoms with E-state index in [1.54, 1.807) is 7.11 Å². The van der Waals surface area contributed by atoms with Crippen molar-refractivity contribution in [3.8, 4) is 5.75 Å².